The number of unbranched alkanes of at least 4 members (excludes halogenated alkanes) is 2. The SMILES string of the molecule is CC(C)CCCCCN(CCN)CCC(=O)O.Cl. The number of hydrogen-bond donors (Lipinski definition) is 2. The van der Waals surface area contributed by atoms with Gasteiger partial charge in [-0.25, -0.2) is 0 Å². The second-order valence-corrected chi connectivity index (χ2v) is 5.02. The van der Waals surface area contributed by atoms with Gasteiger partial charge in [-0.2, -0.15) is 0 Å². The summed E-state index contributed by atoms with van der Waals surface area (Å²) in [6.07, 6.45) is 5.14. The molecule has 5 heteroatoms. The Hall–Kier alpha value is -0.320. The molecule has 0 aliphatic heterocycles. The van der Waals surface area contributed by atoms with Crippen LogP contribution in [-0.4, -0.2) is 42.2 Å². The largest absolute Gasteiger partial charge is 0.481 e. The zero-order valence-electron chi connectivity index (χ0n) is 11.7. The maximum Gasteiger partial charge on any atom is 0.304 e. The van der Waals surface area contributed by atoms with Crippen molar-refractivity contribution in [3.63, 3.8) is 0 Å². The number of carboxylic acids is 1. The summed E-state index contributed by atoms with van der Waals surface area (Å²) < 4.78 is 0. The van der Waals surface area contributed by atoms with E-state index in [4.69, 9.17) is 10.8 Å². The highest BCUT2D eigenvalue weighted by atomic mass is 35.5. The van der Waals surface area contributed by atoms with Crippen molar-refractivity contribution in [2.45, 2.75) is 46.0 Å². The molecule has 3 N–H and O–H groups in total. The molecule has 0 aromatic carbocycles. The van der Waals surface area contributed by atoms with Gasteiger partial charge in [0, 0.05) is 19.6 Å². The predicted molar refractivity (Wildman–Crippen MR) is 78.3 cm³/mol. The number of aliphatic carboxylic acids is 1. The highest BCUT2D eigenvalue weighted by Crippen LogP contribution is 2.08. The lowest BCUT2D eigenvalue weighted by Gasteiger charge is -2.20. The minimum absolute atomic E-state index is 0. The van der Waals surface area contributed by atoms with E-state index in [0.29, 0.717) is 13.1 Å². The van der Waals surface area contributed by atoms with Crippen molar-refractivity contribution in [2.75, 3.05) is 26.2 Å². The van der Waals surface area contributed by atoms with Gasteiger partial charge in [-0.1, -0.05) is 33.1 Å². The third-order valence-electron chi connectivity index (χ3n) is 2.84. The summed E-state index contributed by atoms with van der Waals surface area (Å²) in [7, 11) is 0. The van der Waals surface area contributed by atoms with Crippen molar-refractivity contribution >= 4 is 18.4 Å². The first-order valence-corrected chi connectivity index (χ1v) is 6.70. The summed E-state index contributed by atoms with van der Waals surface area (Å²) in [4.78, 5) is 12.7. The summed E-state index contributed by atoms with van der Waals surface area (Å²) in [6, 6.07) is 0. The Bertz CT molecular complexity index is 201. The third-order valence-corrected chi connectivity index (χ3v) is 2.84. The standard InChI is InChI=1S/C13H28N2O2.ClH/c1-12(2)6-4-3-5-9-15(11-8-14)10-7-13(16)17;/h12H,3-11,14H2,1-2H3,(H,16,17);1H. The maximum atomic E-state index is 10.5. The lowest BCUT2D eigenvalue weighted by atomic mass is 10.1. The fourth-order valence-corrected chi connectivity index (χ4v) is 1.84. The molecule has 0 radical (unpaired) electrons. The van der Waals surface area contributed by atoms with Crippen LogP contribution in [0.4, 0.5) is 0 Å². The van der Waals surface area contributed by atoms with Gasteiger partial charge in [0.15, 0.2) is 0 Å². The van der Waals surface area contributed by atoms with Crippen LogP contribution in [0.25, 0.3) is 0 Å². The van der Waals surface area contributed by atoms with E-state index >= 15 is 0 Å². The first-order chi connectivity index (χ1) is 8.06. The van der Waals surface area contributed by atoms with Crippen molar-refractivity contribution in [1.29, 1.82) is 0 Å². The van der Waals surface area contributed by atoms with Gasteiger partial charge in [-0.3, -0.25) is 4.79 Å². The molecular formula is C13H29ClN2O2. The van der Waals surface area contributed by atoms with Crippen LogP contribution in [0.2, 0.25) is 0 Å². The number of hydrogen-bond acceptors (Lipinski definition) is 3. The Balaban J connectivity index is 0. The first-order valence-electron chi connectivity index (χ1n) is 6.70. The number of halogens is 1. The Morgan fingerprint density at radius 2 is 1.83 bits per heavy atom. The number of nitrogens with two attached hydrogens (primary N) is 1. The van der Waals surface area contributed by atoms with Gasteiger partial charge in [0.25, 0.3) is 0 Å². The number of carbonyl (C=O) groups is 1. The normalized spacial score (nSPS) is 10.7. The second-order valence-electron chi connectivity index (χ2n) is 5.02. The Morgan fingerprint density at radius 3 is 2.33 bits per heavy atom. The molecule has 0 amide bonds. The minimum Gasteiger partial charge on any atom is -0.481 e. The maximum absolute atomic E-state index is 10.5. The fourth-order valence-electron chi connectivity index (χ4n) is 1.84. The van der Waals surface area contributed by atoms with Crippen LogP contribution in [-0.2, 0) is 4.79 Å². The molecule has 0 aromatic heterocycles. The predicted octanol–water partition coefficient (Wildman–Crippen LogP) is 2.36. The van der Waals surface area contributed by atoms with Gasteiger partial charge in [0.05, 0.1) is 6.42 Å². The van der Waals surface area contributed by atoms with Crippen LogP contribution >= 0.6 is 12.4 Å². The Kier molecular flexibility index (Phi) is 14.6. The molecule has 0 saturated carbocycles. The summed E-state index contributed by atoms with van der Waals surface area (Å²) in [5.41, 5.74) is 5.52. The van der Waals surface area contributed by atoms with E-state index in [1.54, 1.807) is 0 Å². The van der Waals surface area contributed by atoms with Gasteiger partial charge in [0.2, 0.25) is 0 Å². The topological polar surface area (TPSA) is 66.6 Å². The zero-order valence-corrected chi connectivity index (χ0v) is 12.5. The van der Waals surface area contributed by atoms with Gasteiger partial charge < -0.3 is 15.7 Å². The third kappa shape index (κ3) is 13.7. The summed E-state index contributed by atoms with van der Waals surface area (Å²) in [5, 5.41) is 8.64. The molecule has 110 valence electrons. The van der Waals surface area contributed by atoms with Crippen molar-refractivity contribution in [2.24, 2.45) is 11.7 Å². The molecule has 0 heterocycles. The van der Waals surface area contributed by atoms with Crippen molar-refractivity contribution in [3.05, 3.63) is 0 Å². The van der Waals surface area contributed by atoms with Crippen LogP contribution in [0.5, 0.6) is 0 Å². The molecule has 18 heavy (non-hydrogen) atoms. The molecule has 0 saturated heterocycles. The summed E-state index contributed by atoms with van der Waals surface area (Å²) >= 11 is 0. The molecule has 4 nitrogen and oxygen atoms in total. The van der Waals surface area contributed by atoms with E-state index < -0.39 is 5.97 Å². The van der Waals surface area contributed by atoms with Crippen LogP contribution in [0.1, 0.15) is 46.0 Å². The molecule has 0 fully saturated rings. The first kappa shape index (κ1) is 20.0. The Morgan fingerprint density at radius 1 is 1.17 bits per heavy atom. The van der Waals surface area contributed by atoms with Gasteiger partial charge in [-0.05, 0) is 18.9 Å². The average Bonchev–Trinajstić information content (AvgIpc) is 2.24. The van der Waals surface area contributed by atoms with E-state index in [2.05, 4.69) is 18.7 Å². The molecule has 0 atom stereocenters. The molecule has 0 bridgehead atoms. The average molecular weight is 281 g/mol. The lowest BCUT2D eigenvalue weighted by molar-refractivity contribution is -0.137. The summed E-state index contributed by atoms with van der Waals surface area (Å²) in [5.74, 6) is 0.0500. The minimum atomic E-state index is -0.730. The van der Waals surface area contributed by atoms with E-state index in [1.165, 1.54) is 19.3 Å². The summed E-state index contributed by atoms with van der Waals surface area (Å²) in [6.45, 7) is 7.49. The Labute approximate surface area is 117 Å². The number of rotatable bonds is 11. The quantitative estimate of drug-likeness (QED) is 0.570. The van der Waals surface area contributed by atoms with Crippen LogP contribution in [0.15, 0.2) is 0 Å². The van der Waals surface area contributed by atoms with Crippen LogP contribution in [0, 0.1) is 5.92 Å². The molecule has 0 aliphatic carbocycles. The number of carboxylic acid groups (broad SMARTS) is 1. The lowest BCUT2D eigenvalue weighted by Crippen LogP contribution is -2.32. The van der Waals surface area contributed by atoms with Crippen LogP contribution < -0.4 is 5.73 Å². The van der Waals surface area contributed by atoms with E-state index in [0.717, 1.165) is 25.4 Å². The van der Waals surface area contributed by atoms with Crippen molar-refractivity contribution in [3.8, 4) is 0 Å². The van der Waals surface area contributed by atoms with E-state index in [1.807, 2.05) is 0 Å². The molecule has 0 aromatic rings. The second kappa shape index (κ2) is 13.1. The molecular weight excluding hydrogens is 252 g/mol. The smallest absolute Gasteiger partial charge is 0.304 e. The highest BCUT2D eigenvalue weighted by molar-refractivity contribution is 5.85. The fraction of sp³-hybridized carbons (Fsp3) is 0.923. The molecule has 0 unspecified atom stereocenters. The zero-order chi connectivity index (χ0) is 13.1. The van der Waals surface area contributed by atoms with E-state index in [-0.39, 0.29) is 18.8 Å². The highest BCUT2D eigenvalue weighted by Gasteiger charge is 2.06. The molecule has 0 aliphatic rings. The number of nitrogens with zero attached hydrogens (tertiary/aromatic N) is 1. The van der Waals surface area contributed by atoms with Crippen LogP contribution in [0.3, 0.4) is 0 Å². The molecule has 0 rings (SSSR count). The monoisotopic (exact) mass is 280 g/mol. The van der Waals surface area contributed by atoms with Crippen molar-refractivity contribution in [1.82, 2.24) is 4.90 Å². The van der Waals surface area contributed by atoms with Crippen molar-refractivity contribution < 1.29 is 9.90 Å². The molecule has 0 spiro atoms. The van der Waals surface area contributed by atoms with E-state index in [9.17, 15) is 4.79 Å². The van der Waals surface area contributed by atoms with Gasteiger partial charge >= 0.3 is 5.97 Å². The van der Waals surface area contributed by atoms with Gasteiger partial charge in [-0.15, -0.1) is 12.4 Å². The van der Waals surface area contributed by atoms with Gasteiger partial charge in [0.1, 0.15) is 0 Å².